The maximum absolute atomic E-state index is 12.3. The summed E-state index contributed by atoms with van der Waals surface area (Å²) in [6.45, 7) is 2.67. The van der Waals surface area contributed by atoms with Crippen molar-refractivity contribution in [3.63, 3.8) is 0 Å². The topological polar surface area (TPSA) is 64.8 Å². The first kappa shape index (κ1) is 18.0. The highest BCUT2D eigenvalue weighted by Gasteiger charge is 2.33. The van der Waals surface area contributed by atoms with Gasteiger partial charge in [0.15, 0.2) is 0 Å². The first-order chi connectivity index (χ1) is 9.22. The first-order valence-corrected chi connectivity index (χ1v) is 8.38. The van der Waals surface area contributed by atoms with Crippen LogP contribution in [0.5, 0.6) is 0 Å². The highest BCUT2D eigenvalue weighted by Crippen LogP contribution is 2.21. The van der Waals surface area contributed by atoms with Gasteiger partial charge in [0, 0.05) is 19.7 Å². The van der Waals surface area contributed by atoms with Crippen molar-refractivity contribution in [2.75, 3.05) is 38.3 Å². The maximum atomic E-state index is 12.3. The smallest absolute Gasteiger partial charge is 0.239 e. The predicted octanol–water partition coefficient (Wildman–Crippen LogP) is 0.895. The first-order valence-electron chi connectivity index (χ1n) is 6.99. The van der Waals surface area contributed by atoms with Gasteiger partial charge in [-0.3, -0.25) is 4.79 Å². The van der Waals surface area contributed by atoms with Gasteiger partial charge in [-0.2, -0.15) is 11.8 Å². The number of hydrogen-bond donors (Lipinski definition) is 1. The molecule has 0 aliphatic carbocycles. The van der Waals surface area contributed by atoms with Gasteiger partial charge in [-0.25, -0.2) is 0 Å². The summed E-state index contributed by atoms with van der Waals surface area (Å²) in [6, 6.07) is -0.379. The number of hydrogen-bond acceptors (Lipinski definition) is 5. The highest BCUT2D eigenvalue weighted by molar-refractivity contribution is 7.98. The fourth-order valence-corrected chi connectivity index (χ4v) is 3.09. The second kappa shape index (κ2) is 9.10. The van der Waals surface area contributed by atoms with Crippen molar-refractivity contribution in [3.8, 4) is 0 Å². The van der Waals surface area contributed by atoms with Crippen molar-refractivity contribution in [1.29, 1.82) is 0 Å². The van der Waals surface area contributed by atoms with Crippen LogP contribution in [0.25, 0.3) is 0 Å². The van der Waals surface area contributed by atoms with E-state index in [0.29, 0.717) is 19.7 Å². The van der Waals surface area contributed by atoms with Crippen molar-refractivity contribution in [1.82, 2.24) is 4.90 Å². The summed E-state index contributed by atoms with van der Waals surface area (Å²) in [5, 5.41) is 0. The molecule has 3 atom stereocenters. The van der Waals surface area contributed by atoms with Crippen molar-refractivity contribution >= 4 is 30.1 Å². The third-order valence-electron chi connectivity index (χ3n) is 3.73. The van der Waals surface area contributed by atoms with E-state index in [1.807, 2.05) is 11.2 Å². The summed E-state index contributed by atoms with van der Waals surface area (Å²) in [6.07, 6.45) is 5.06. The Morgan fingerprint density at radius 3 is 2.80 bits per heavy atom. The van der Waals surface area contributed by atoms with E-state index in [1.54, 1.807) is 11.8 Å². The molecular weight excluding hydrogens is 300 g/mol. The van der Waals surface area contributed by atoms with E-state index in [-0.39, 0.29) is 36.6 Å². The largest absolute Gasteiger partial charge is 0.375 e. The molecule has 5 nitrogen and oxygen atoms in total. The Balaban J connectivity index is 0.00000200. The molecule has 2 saturated heterocycles. The predicted molar refractivity (Wildman–Crippen MR) is 83.5 cm³/mol. The molecule has 20 heavy (non-hydrogen) atoms. The minimum Gasteiger partial charge on any atom is -0.375 e. The lowest BCUT2D eigenvalue weighted by Gasteiger charge is -2.36. The molecule has 2 rings (SSSR count). The Bertz CT molecular complexity index is 303. The quantitative estimate of drug-likeness (QED) is 0.814. The molecular formula is C13H25ClN2O3S. The molecule has 3 unspecified atom stereocenters. The SMILES string of the molecule is CSCCC(N)C(=O)N1CCOC(C2CCCO2)C1.Cl. The lowest BCUT2D eigenvalue weighted by Crippen LogP contribution is -2.54. The molecule has 0 aromatic rings. The maximum Gasteiger partial charge on any atom is 0.239 e. The molecule has 2 N–H and O–H groups in total. The van der Waals surface area contributed by atoms with E-state index in [9.17, 15) is 4.79 Å². The van der Waals surface area contributed by atoms with Crippen LogP contribution in [0.4, 0.5) is 0 Å². The standard InChI is InChI=1S/C13H24N2O3S.ClH/c1-19-8-4-10(14)13(16)15-5-7-18-12(9-15)11-3-2-6-17-11;/h10-12H,2-9,14H2,1H3;1H. The van der Waals surface area contributed by atoms with Crippen LogP contribution in [0.3, 0.4) is 0 Å². The van der Waals surface area contributed by atoms with Gasteiger partial charge < -0.3 is 20.1 Å². The molecule has 118 valence electrons. The van der Waals surface area contributed by atoms with Crippen LogP contribution < -0.4 is 5.73 Å². The average molecular weight is 325 g/mol. The zero-order chi connectivity index (χ0) is 13.7. The van der Waals surface area contributed by atoms with Gasteiger partial charge in [0.25, 0.3) is 0 Å². The highest BCUT2D eigenvalue weighted by atomic mass is 35.5. The Hall–Kier alpha value is -0.0100. The fourth-order valence-electron chi connectivity index (χ4n) is 2.60. The summed E-state index contributed by atoms with van der Waals surface area (Å²) in [4.78, 5) is 14.1. The van der Waals surface area contributed by atoms with Crippen LogP contribution in [0, 0.1) is 0 Å². The van der Waals surface area contributed by atoms with E-state index < -0.39 is 0 Å². The number of carbonyl (C=O) groups is 1. The van der Waals surface area contributed by atoms with E-state index in [4.69, 9.17) is 15.2 Å². The third-order valence-corrected chi connectivity index (χ3v) is 4.38. The van der Waals surface area contributed by atoms with Gasteiger partial charge in [-0.15, -0.1) is 12.4 Å². The minimum absolute atomic E-state index is 0. The van der Waals surface area contributed by atoms with Crippen LogP contribution in [0.2, 0.25) is 0 Å². The Labute approximate surface area is 131 Å². The van der Waals surface area contributed by atoms with E-state index >= 15 is 0 Å². The number of thioether (sulfide) groups is 1. The van der Waals surface area contributed by atoms with Crippen molar-refractivity contribution in [3.05, 3.63) is 0 Å². The summed E-state index contributed by atoms with van der Waals surface area (Å²) in [5.74, 6) is 0.979. The molecule has 2 aliphatic heterocycles. The summed E-state index contributed by atoms with van der Waals surface area (Å²) in [7, 11) is 0. The molecule has 2 aliphatic rings. The van der Waals surface area contributed by atoms with Crippen LogP contribution in [0.1, 0.15) is 19.3 Å². The van der Waals surface area contributed by atoms with Crippen molar-refractivity contribution in [2.45, 2.75) is 37.5 Å². The zero-order valence-corrected chi connectivity index (χ0v) is 13.6. The lowest BCUT2D eigenvalue weighted by atomic mass is 10.1. The molecule has 0 saturated carbocycles. The second-order valence-electron chi connectivity index (χ2n) is 5.13. The molecule has 2 fully saturated rings. The molecule has 0 aromatic heterocycles. The summed E-state index contributed by atoms with van der Waals surface area (Å²) in [5.41, 5.74) is 5.96. The number of amides is 1. The minimum atomic E-state index is -0.379. The van der Waals surface area contributed by atoms with Crippen LogP contribution in [-0.2, 0) is 14.3 Å². The van der Waals surface area contributed by atoms with Gasteiger partial charge in [0.05, 0.1) is 18.8 Å². The van der Waals surface area contributed by atoms with Crippen LogP contribution >= 0.6 is 24.2 Å². The van der Waals surface area contributed by atoms with Gasteiger partial charge in [0.2, 0.25) is 5.91 Å². The number of rotatable bonds is 5. The molecule has 0 radical (unpaired) electrons. The van der Waals surface area contributed by atoms with E-state index in [2.05, 4.69) is 0 Å². The van der Waals surface area contributed by atoms with Gasteiger partial charge in [-0.1, -0.05) is 0 Å². The summed E-state index contributed by atoms with van der Waals surface area (Å²) < 4.78 is 11.4. The van der Waals surface area contributed by atoms with E-state index in [1.165, 1.54) is 0 Å². The van der Waals surface area contributed by atoms with Crippen LogP contribution in [-0.4, -0.2) is 67.4 Å². The Morgan fingerprint density at radius 1 is 1.40 bits per heavy atom. The van der Waals surface area contributed by atoms with Gasteiger partial charge in [0.1, 0.15) is 6.10 Å². The number of morpholine rings is 1. The second-order valence-corrected chi connectivity index (χ2v) is 6.12. The molecule has 1 amide bonds. The molecule has 0 bridgehead atoms. The molecule has 0 spiro atoms. The Morgan fingerprint density at radius 2 is 2.15 bits per heavy atom. The lowest BCUT2D eigenvalue weighted by molar-refractivity contribution is -0.146. The van der Waals surface area contributed by atoms with E-state index in [0.717, 1.165) is 31.6 Å². The van der Waals surface area contributed by atoms with Gasteiger partial charge >= 0.3 is 0 Å². The Kier molecular flexibility index (Phi) is 8.21. The summed E-state index contributed by atoms with van der Waals surface area (Å²) >= 11 is 1.72. The number of nitrogens with zero attached hydrogens (tertiary/aromatic N) is 1. The number of ether oxygens (including phenoxy) is 2. The number of carbonyl (C=O) groups excluding carboxylic acids is 1. The van der Waals surface area contributed by atoms with Crippen molar-refractivity contribution in [2.24, 2.45) is 5.73 Å². The molecule has 7 heteroatoms. The van der Waals surface area contributed by atoms with Crippen LogP contribution in [0.15, 0.2) is 0 Å². The third kappa shape index (κ3) is 4.77. The molecule has 2 heterocycles. The average Bonchev–Trinajstić information content (AvgIpc) is 2.98. The van der Waals surface area contributed by atoms with Gasteiger partial charge in [-0.05, 0) is 31.3 Å². The number of halogens is 1. The zero-order valence-electron chi connectivity index (χ0n) is 12.0. The normalized spacial score (nSPS) is 28.0. The van der Waals surface area contributed by atoms with Crippen molar-refractivity contribution < 1.29 is 14.3 Å². The number of nitrogens with two attached hydrogens (primary N) is 1. The molecule has 0 aromatic carbocycles. The fraction of sp³-hybridized carbons (Fsp3) is 0.923. The monoisotopic (exact) mass is 324 g/mol.